The maximum absolute atomic E-state index is 9.08. The molecular formula is C9H10NNaO3S2. The van der Waals surface area contributed by atoms with Gasteiger partial charge in [-0.3, -0.25) is 0 Å². The fourth-order valence-corrected chi connectivity index (χ4v) is 1.81. The molecule has 0 aliphatic heterocycles. The minimum atomic E-state index is -3.92. The van der Waals surface area contributed by atoms with Crippen LogP contribution in [-0.4, -0.2) is 24.2 Å². The molecule has 0 radical (unpaired) electrons. The summed E-state index contributed by atoms with van der Waals surface area (Å²) in [5, 5.41) is 1.14. The van der Waals surface area contributed by atoms with Crippen molar-refractivity contribution >= 4 is 31.7 Å². The van der Waals surface area contributed by atoms with Gasteiger partial charge in [0.15, 0.2) is 0 Å². The molecule has 1 aromatic carbocycles. The fraction of sp³-hybridized carbons (Fsp3) is 0.222. The number of aromatic nitrogens is 1. The average molecular weight is 267 g/mol. The van der Waals surface area contributed by atoms with Crippen LogP contribution in [0.1, 0.15) is 5.01 Å². The van der Waals surface area contributed by atoms with Gasteiger partial charge in [-0.25, -0.2) is 13.4 Å². The Morgan fingerprint density at radius 3 is 2.31 bits per heavy atom. The molecule has 0 spiro atoms. The van der Waals surface area contributed by atoms with E-state index in [4.69, 9.17) is 13.0 Å². The van der Waals surface area contributed by atoms with Gasteiger partial charge in [-0.05, 0) is 19.1 Å². The first kappa shape index (κ1) is 16.0. The van der Waals surface area contributed by atoms with Crippen molar-refractivity contribution in [3.05, 3.63) is 29.3 Å². The molecule has 0 atom stereocenters. The van der Waals surface area contributed by atoms with E-state index in [0.717, 1.165) is 10.5 Å². The number of rotatable bonds is 0. The van der Waals surface area contributed by atoms with Crippen molar-refractivity contribution in [1.82, 2.24) is 4.98 Å². The molecule has 0 saturated carbocycles. The van der Waals surface area contributed by atoms with E-state index in [2.05, 4.69) is 11.1 Å². The molecule has 0 amide bonds. The number of hydrogen-bond acceptors (Lipinski definition) is 5. The number of hydrogen-bond donors (Lipinski definition) is 0. The van der Waals surface area contributed by atoms with Crippen LogP contribution in [-0.2, 0) is 10.1 Å². The number of aryl methyl sites for hydroxylation is 1. The smallest absolute Gasteiger partial charge is 0.748 e. The molecule has 0 aliphatic carbocycles. The van der Waals surface area contributed by atoms with E-state index in [1.54, 1.807) is 11.3 Å². The molecule has 0 aliphatic rings. The van der Waals surface area contributed by atoms with Crippen LogP contribution in [0.2, 0.25) is 0 Å². The quantitative estimate of drug-likeness (QED) is 0.443. The summed E-state index contributed by atoms with van der Waals surface area (Å²) >= 11 is 1.74. The molecule has 0 bridgehead atoms. The van der Waals surface area contributed by atoms with Crippen LogP contribution in [0.25, 0.3) is 10.2 Å². The molecule has 0 fully saturated rings. The van der Waals surface area contributed by atoms with Gasteiger partial charge in [-0.1, -0.05) is 12.1 Å². The normalized spacial score (nSPS) is 10.2. The molecular weight excluding hydrogens is 257 g/mol. The van der Waals surface area contributed by atoms with E-state index in [-0.39, 0.29) is 29.6 Å². The van der Waals surface area contributed by atoms with E-state index >= 15 is 0 Å². The number of benzene rings is 1. The molecule has 1 heterocycles. The Morgan fingerprint density at radius 1 is 1.31 bits per heavy atom. The van der Waals surface area contributed by atoms with Gasteiger partial charge >= 0.3 is 29.6 Å². The average Bonchev–Trinajstić information content (AvgIpc) is 2.40. The molecule has 0 saturated heterocycles. The monoisotopic (exact) mass is 267 g/mol. The van der Waals surface area contributed by atoms with Crippen molar-refractivity contribution in [2.75, 3.05) is 6.26 Å². The molecule has 7 heteroatoms. The maximum atomic E-state index is 9.08. The van der Waals surface area contributed by atoms with Crippen LogP contribution in [0.15, 0.2) is 24.3 Å². The SMILES string of the molecule is CS(=O)(=O)[O-].Cc1nc2ccccc2s1.[Na+]. The third-order valence-corrected chi connectivity index (χ3v) is 2.35. The molecule has 0 unspecified atom stereocenters. The van der Waals surface area contributed by atoms with E-state index in [1.165, 1.54) is 4.70 Å². The molecule has 16 heavy (non-hydrogen) atoms. The summed E-state index contributed by atoms with van der Waals surface area (Å²) in [6, 6.07) is 8.19. The third kappa shape index (κ3) is 6.57. The number of fused-ring (bicyclic) bond motifs is 1. The standard InChI is InChI=1S/C8H7NS.CH4O3S.Na/c1-6-9-7-4-2-3-5-8(7)10-6;1-5(2,3)4;/h2-5H,1H3;1H3,(H,2,3,4);/q;;+1/p-1. The maximum Gasteiger partial charge on any atom is 1.00 e. The fourth-order valence-electron chi connectivity index (χ4n) is 0.987. The minimum absolute atomic E-state index is 0. The van der Waals surface area contributed by atoms with Crippen molar-refractivity contribution in [1.29, 1.82) is 0 Å². The Hall–Kier alpha value is 0.0200. The summed E-state index contributed by atoms with van der Waals surface area (Å²) in [5.74, 6) is 0. The third-order valence-electron chi connectivity index (χ3n) is 1.40. The van der Waals surface area contributed by atoms with E-state index in [1.807, 2.05) is 25.1 Å². The summed E-state index contributed by atoms with van der Waals surface area (Å²) in [7, 11) is -3.92. The Bertz CT molecular complexity index is 510. The Morgan fingerprint density at radius 2 is 1.81 bits per heavy atom. The summed E-state index contributed by atoms with van der Waals surface area (Å²) in [5.41, 5.74) is 1.12. The number of para-hydroxylation sites is 1. The van der Waals surface area contributed by atoms with Gasteiger partial charge in [0.2, 0.25) is 0 Å². The second kappa shape index (κ2) is 6.68. The number of nitrogens with zero attached hydrogens (tertiary/aromatic N) is 1. The zero-order valence-electron chi connectivity index (χ0n) is 9.30. The van der Waals surface area contributed by atoms with Gasteiger partial charge < -0.3 is 4.55 Å². The topological polar surface area (TPSA) is 70.1 Å². The predicted octanol–water partition coefficient (Wildman–Crippen LogP) is -1.23. The van der Waals surface area contributed by atoms with E-state index in [9.17, 15) is 0 Å². The van der Waals surface area contributed by atoms with Crippen LogP contribution in [0.5, 0.6) is 0 Å². The van der Waals surface area contributed by atoms with Gasteiger partial charge in [0.05, 0.1) is 25.3 Å². The molecule has 1 aromatic heterocycles. The van der Waals surface area contributed by atoms with Crippen molar-refractivity contribution in [2.45, 2.75) is 6.92 Å². The van der Waals surface area contributed by atoms with Gasteiger partial charge in [0.1, 0.15) is 0 Å². The molecule has 2 rings (SSSR count). The van der Waals surface area contributed by atoms with E-state index < -0.39 is 10.1 Å². The zero-order valence-corrected chi connectivity index (χ0v) is 12.9. The van der Waals surface area contributed by atoms with Crippen LogP contribution < -0.4 is 29.6 Å². The van der Waals surface area contributed by atoms with Gasteiger partial charge in [0, 0.05) is 6.26 Å². The van der Waals surface area contributed by atoms with E-state index in [0.29, 0.717) is 6.26 Å². The van der Waals surface area contributed by atoms with Gasteiger partial charge in [-0.2, -0.15) is 0 Å². The summed E-state index contributed by atoms with van der Waals surface area (Å²) < 4.78 is 28.5. The summed E-state index contributed by atoms with van der Waals surface area (Å²) in [6.45, 7) is 2.03. The predicted molar refractivity (Wildman–Crippen MR) is 60.0 cm³/mol. The van der Waals surface area contributed by atoms with Gasteiger partial charge in [-0.15, -0.1) is 11.3 Å². The Balaban J connectivity index is 0.000000330. The first-order chi connectivity index (χ1) is 6.86. The molecule has 2 aromatic rings. The summed E-state index contributed by atoms with van der Waals surface area (Å²) in [4.78, 5) is 4.33. The largest absolute Gasteiger partial charge is 1.00 e. The molecule has 82 valence electrons. The second-order valence-electron chi connectivity index (χ2n) is 2.90. The second-order valence-corrected chi connectivity index (χ2v) is 5.55. The van der Waals surface area contributed by atoms with Crippen LogP contribution in [0.3, 0.4) is 0 Å². The van der Waals surface area contributed by atoms with Crippen molar-refractivity contribution in [2.24, 2.45) is 0 Å². The molecule has 4 nitrogen and oxygen atoms in total. The zero-order chi connectivity index (χ0) is 11.5. The number of thiazole rings is 1. The first-order valence-corrected chi connectivity index (χ1v) is 6.72. The van der Waals surface area contributed by atoms with Crippen LogP contribution in [0, 0.1) is 6.92 Å². The Labute approximate surface area is 121 Å². The van der Waals surface area contributed by atoms with Crippen molar-refractivity contribution in [3.63, 3.8) is 0 Å². The minimum Gasteiger partial charge on any atom is -0.748 e. The summed E-state index contributed by atoms with van der Waals surface area (Å²) in [6.07, 6.45) is 0.604. The van der Waals surface area contributed by atoms with Gasteiger partial charge in [0.25, 0.3) is 0 Å². The van der Waals surface area contributed by atoms with Crippen LogP contribution >= 0.6 is 11.3 Å². The first-order valence-electron chi connectivity index (χ1n) is 4.09. The van der Waals surface area contributed by atoms with Crippen LogP contribution in [0.4, 0.5) is 0 Å². The van der Waals surface area contributed by atoms with Crippen molar-refractivity contribution in [3.8, 4) is 0 Å². The van der Waals surface area contributed by atoms with Crippen molar-refractivity contribution < 1.29 is 42.5 Å². The molecule has 0 N–H and O–H groups in total. The Kier molecular flexibility index (Phi) is 6.69.